The molecule has 0 amide bonds. The minimum Gasteiger partial charge on any atom is -0.466 e. The van der Waals surface area contributed by atoms with Crippen molar-refractivity contribution >= 4 is 24.1 Å². The molecule has 28 heavy (non-hydrogen) atoms. The molecule has 2 aromatic carbocycles. The Labute approximate surface area is 166 Å². The molecule has 1 atom stereocenters. The van der Waals surface area contributed by atoms with E-state index in [1.165, 1.54) is 0 Å². The van der Waals surface area contributed by atoms with Crippen LogP contribution < -0.4 is 0 Å². The molecule has 0 aliphatic carbocycles. The van der Waals surface area contributed by atoms with Crippen LogP contribution in [0, 0.1) is 13.8 Å². The number of carbonyl (C=O) groups is 3. The Morgan fingerprint density at radius 2 is 1.64 bits per heavy atom. The normalized spacial score (nSPS) is 11.5. The first-order valence-electron chi connectivity index (χ1n) is 9.37. The fraction of sp³-hybridized carbons (Fsp3) is 0.292. The summed E-state index contributed by atoms with van der Waals surface area (Å²) in [4.78, 5) is 35.0. The van der Waals surface area contributed by atoms with Crippen LogP contribution in [0.3, 0.4) is 0 Å². The predicted molar refractivity (Wildman–Crippen MR) is 111 cm³/mol. The summed E-state index contributed by atoms with van der Waals surface area (Å²) in [5.41, 5.74) is 5.47. The number of ether oxygens (including phenoxy) is 1. The van der Waals surface area contributed by atoms with Crippen molar-refractivity contribution in [2.45, 2.75) is 39.5 Å². The third-order valence-corrected chi connectivity index (χ3v) is 4.95. The number of rotatable bonds is 9. The van der Waals surface area contributed by atoms with Crippen LogP contribution in [0.25, 0.3) is 5.57 Å². The maximum Gasteiger partial charge on any atom is 0.313 e. The quantitative estimate of drug-likeness (QED) is 0.451. The molecule has 0 spiro atoms. The van der Waals surface area contributed by atoms with Crippen LogP contribution in [0.15, 0.2) is 43.0 Å². The van der Waals surface area contributed by atoms with Gasteiger partial charge in [-0.05, 0) is 73.6 Å². The number of esters is 1. The number of benzene rings is 2. The highest BCUT2D eigenvalue weighted by molar-refractivity contribution is 5.82. The highest BCUT2D eigenvalue weighted by atomic mass is 16.5. The van der Waals surface area contributed by atoms with Crippen LogP contribution >= 0.6 is 0 Å². The summed E-state index contributed by atoms with van der Waals surface area (Å²) in [5.74, 6) is -0.791. The molecule has 0 aromatic heterocycles. The SMILES string of the molecule is C=C(CCC(C(=O)OCC)c1ccc(C)c(C=O)c1)c1ccc(C)c(C=O)c1. The fourth-order valence-corrected chi connectivity index (χ4v) is 3.12. The van der Waals surface area contributed by atoms with E-state index in [1.807, 2.05) is 44.2 Å². The van der Waals surface area contributed by atoms with Crippen LogP contribution in [0.5, 0.6) is 0 Å². The summed E-state index contributed by atoms with van der Waals surface area (Å²) >= 11 is 0. The highest BCUT2D eigenvalue weighted by Gasteiger charge is 2.23. The first-order valence-corrected chi connectivity index (χ1v) is 9.37. The van der Waals surface area contributed by atoms with E-state index < -0.39 is 5.92 Å². The predicted octanol–water partition coefficient (Wildman–Crippen LogP) is 5.07. The molecular weight excluding hydrogens is 352 g/mol. The molecular formula is C24H26O4. The van der Waals surface area contributed by atoms with E-state index in [4.69, 9.17) is 4.74 Å². The summed E-state index contributed by atoms with van der Waals surface area (Å²) in [7, 11) is 0. The lowest BCUT2D eigenvalue weighted by Gasteiger charge is -2.18. The van der Waals surface area contributed by atoms with Gasteiger partial charge in [0.15, 0.2) is 0 Å². The van der Waals surface area contributed by atoms with Crippen molar-refractivity contribution in [3.63, 3.8) is 0 Å². The topological polar surface area (TPSA) is 60.4 Å². The summed E-state index contributed by atoms with van der Waals surface area (Å²) in [5, 5.41) is 0. The largest absolute Gasteiger partial charge is 0.466 e. The summed E-state index contributed by atoms with van der Waals surface area (Å²) < 4.78 is 5.25. The van der Waals surface area contributed by atoms with Crippen molar-refractivity contribution in [3.8, 4) is 0 Å². The molecule has 146 valence electrons. The second kappa shape index (κ2) is 9.79. The van der Waals surface area contributed by atoms with Crippen molar-refractivity contribution < 1.29 is 19.1 Å². The molecule has 2 rings (SSSR count). The lowest BCUT2D eigenvalue weighted by Crippen LogP contribution is -2.16. The van der Waals surface area contributed by atoms with Crippen LogP contribution in [0.2, 0.25) is 0 Å². The summed E-state index contributed by atoms with van der Waals surface area (Å²) in [6.45, 7) is 9.93. The van der Waals surface area contributed by atoms with E-state index in [0.29, 0.717) is 30.6 Å². The van der Waals surface area contributed by atoms with Crippen molar-refractivity contribution in [1.29, 1.82) is 0 Å². The Bertz CT molecular complexity index is 895. The summed E-state index contributed by atoms with van der Waals surface area (Å²) in [6, 6.07) is 11.1. The highest BCUT2D eigenvalue weighted by Crippen LogP contribution is 2.29. The number of allylic oxidation sites excluding steroid dienone is 1. The fourth-order valence-electron chi connectivity index (χ4n) is 3.12. The molecule has 0 fully saturated rings. The molecule has 4 heteroatoms. The van der Waals surface area contributed by atoms with Gasteiger partial charge in [-0.1, -0.05) is 30.8 Å². The minimum atomic E-state index is -0.480. The third-order valence-electron chi connectivity index (χ3n) is 4.95. The smallest absolute Gasteiger partial charge is 0.313 e. The first-order chi connectivity index (χ1) is 13.4. The molecule has 1 unspecified atom stereocenters. The number of hydrogen-bond acceptors (Lipinski definition) is 4. The average Bonchev–Trinajstić information content (AvgIpc) is 2.69. The second-order valence-corrected chi connectivity index (χ2v) is 6.87. The lowest BCUT2D eigenvalue weighted by atomic mass is 9.89. The van der Waals surface area contributed by atoms with Gasteiger partial charge < -0.3 is 4.74 Å². The molecule has 0 bridgehead atoms. The zero-order valence-electron chi connectivity index (χ0n) is 16.7. The number of hydrogen-bond donors (Lipinski definition) is 0. The Balaban J connectivity index is 2.23. The molecule has 0 aliphatic rings. The van der Waals surface area contributed by atoms with E-state index in [0.717, 1.165) is 40.4 Å². The van der Waals surface area contributed by atoms with Crippen LogP contribution in [-0.4, -0.2) is 25.1 Å². The molecule has 0 saturated carbocycles. The van der Waals surface area contributed by atoms with Crippen molar-refractivity contribution in [3.05, 3.63) is 76.4 Å². The third kappa shape index (κ3) is 5.03. The molecule has 0 radical (unpaired) electrons. The van der Waals surface area contributed by atoms with Gasteiger partial charge in [0, 0.05) is 11.1 Å². The number of carbonyl (C=O) groups excluding carboxylic acids is 3. The zero-order valence-corrected chi connectivity index (χ0v) is 16.7. The van der Waals surface area contributed by atoms with E-state index in [1.54, 1.807) is 13.0 Å². The zero-order chi connectivity index (χ0) is 20.7. The Morgan fingerprint density at radius 3 is 2.25 bits per heavy atom. The summed E-state index contributed by atoms with van der Waals surface area (Å²) in [6.07, 6.45) is 2.70. The van der Waals surface area contributed by atoms with Gasteiger partial charge in [0.2, 0.25) is 0 Å². The monoisotopic (exact) mass is 378 g/mol. The van der Waals surface area contributed by atoms with Gasteiger partial charge in [-0.2, -0.15) is 0 Å². The van der Waals surface area contributed by atoms with E-state index in [9.17, 15) is 14.4 Å². The van der Waals surface area contributed by atoms with Gasteiger partial charge in [-0.15, -0.1) is 0 Å². The molecule has 0 saturated heterocycles. The van der Waals surface area contributed by atoms with Gasteiger partial charge in [-0.3, -0.25) is 14.4 Å². The Hall–Kier alpha value is -3.01. The van der Waals surface area contributed by atoms with Gasteiger partial charge in [0.25, 0.3) is 0 Å². The van der Waals surface area contributed by atoms with Crippen LogP contribution in [0.4, 0.5) is 0 Å². The molecule has 0 heterocycles. The van der Waals surface area contributed by atoms with Crippen LogP contribution in [-0.2, 0) is 9.53 Å². The first kappa shape index (κ1) is 21.3. The molecule has 4 nitrogen and oxygen atoms in total. The van der Waals surface area contributed by atoms with Gasteiger partial charge in [0.1, 0.15) is 12.6 Å². The van der Waals surface area contributed by atoms with Gasteiger partial charge in [0.05, 0.1) is 12.5 Å². The standard InChI is InChI=1S/C24H26O4/c1-5-28-24(27)23(20-10-7-18(4)22(13-20)15-26)11-8-16(2)19-9-6-17(3)21(12-19)14-25/h6-7,9-10,12-15,23H,2,5,8,11H2,1,3-4H3. The second-order valence-electron chi connectivity index (χ2n) is 6.87. The van der Waals surface area contributed by atoms with E-state index in [2.05, 4.69) is 6.58 Å². The molecule has 0 N–H and O–H groups in total. The average molecular weight is 378 g/mol. The van der Waals surface area contributed by atoms with Gasteiger partial charge in [-0.25, -0.2) is 0 Å². The minimum absolute atomic E-state index is 0.295. The van der Waals surface area contributed by atoms with E-state index in [-0.39, 0.29) is 5.97 Å². The molecule has 0 aliphatic heterocycles. The van der Waals surface area contributed by atoms with Gasteiger partial charge >= 0.3 is 5.97 Å². The number of aldehydes is 2. The number of aryl methyl sites for hydroxylation is 2. The Kier molecular flexibility index (Phi) is 7.44. The Morgan fingerprint density at radius 1 is 1.04 bits per heavy atom. The lowest BCUT2D eigenvalue weighted by molar-refractivity contribution is -0.145. The van der Waals surface area contributed by atoms with E-state index >= 15 is 0 Å². The molecule has 2 aromatic rings. The van der Waals surface area contributed by atoms with Crippen LogP contribution in [0.1, 0.15) is 68.7 Å². The van der Waals surface area contributed by atoms with Crippen molar-refractivity contribution in [2.75, 3.05) is 6.61 Å². The maximum atomic E-state index is 12.5. The van der Waals surface area contributed by atoms with Crippen molar-refractivity contribution in [1.82, 2.24) is 0 Å². The maximum absolute atomic E-state index is 12.5. The van der Waals surface area contributed by atoms with Crippen molar-refractivity contribution in [2.24, 2.45) is 0 Å².